The lowest BCUT2D eigenvalue weighted by Crippen LogP contribution is -2.36. The Bertz CT molecular complexity index is 502. The molecule has 4 nitrogen and oxygen atoms in total. The SMILES string of the molecule is CCN(CCC(N)=S)C(=O)Nc1ccc(C(F)(F)F)cc1. The molecular weight excluding hydrogens is 303 g/mol. The number of amides is 2. The van der Waals surface area contributed by atoms with Crippen molar-refractivity contribution in [2.75, 3.05) is 18.4 Å². The molecule has 2 amide bonds. The molecule has 0 fully saturated rings. The second kappa shape index (κ2) is 7.26. The summed E-state index contributed by atoms with van der Waals surface area (Å²) >= 11 is 4.74. The van der Waals surface area contributed by atoms with Gasteiger partial charge < -0.3 is 16.0 Å². The Labute approximate surface area is 126 Å². The van der Waals surface area contributed by atoms with E-state index in [9.17, 15) is 18.0 Å². The molecule has 8 heteroatoms. The number of nitrogens with two attached hydrogens (primary N) is 1. The number of nitrogens with zero attached hydrogens (tertiary/aromatic N) is 1. The number of rotatable bonds is 5. The molecule has 1 aromatic rings. The van der Waals surface area contributed by atoms with Crippen LogP contribution in [0.1, 0.15) is 18.9 Å². The Morgan fingerprint density at radius 1 is 1.33 bits per heavy atom. The molecule has 0 aliphatic carbocycles. The largest absolute Gasteiger partial charge is 0.416 e. The summed E-state index contributed by atoms with van der Waals surface area (Å²) in [5.74, 6) is 0. The van der Waals surface area contributed by atoms with Crippen molar-refractivity contribution in [3.8, 4) is 0 Å². The van der Waals surface area contributed by atoms with Gasteiger partial charge in [0.25, 0.3) is 0 Å². The maximum absolute atomic E-state index is 12.4. The smallest absolute Gasteiger partial charge is 0.393 e. The van der Waals surface area contributed by atoms with Crippen LogP contribution in [0.3, 0.4) is 0 Å². The van der Waals surface area contributed by atoms with E-state index in [0.29, 0.717) is 30.2 Å². The first-order valence-electron chi connectivity index (χ1n) is 6.25. The van der Waals surface area contributed by atoms with E-state index in [1.54, 1.807) is 6.92 Å². The van der Waals surface area contributed by atoms with Gasteiger partial charge in [-0.25, -0.2) is 4.79 Å². The monoisotopic (exact) mass is 319 g/mol. The number of thiocarbonyl (C=S) groups is 1. The molecule has 0 unspecified atom stereocenters. The van der Waals surface area contributed by atoms with Crippen molar-refractivity contribution in [3.05, 3.63) is 29.8 Å². The standard InChI is InChI=1S/C13H16F3N3OS/c1-2-19(8-7-11(17)21)12(20)18-10-5-3-9(4-6-10)13(14,15)16/h3-6H,2,7-8H2,1H3,(H2,17,21)(H,18,20). The second-order valence-electron chi connectivity index (χ2n) is 4.30. The molecule has 0 bridgehead atoms. The van der Waals surface area contributed by atoms with Crippen molar-refractivity contribution in [2.45, 2.75) is 19.5 Å². The Morgan fingerprint density at radius 3 is 2.33 bits per heavy atom. The number of alkyl halides is 3. The molecule has 0 aliphatic heterocycles. The van der Waals surface area contributed by atoms with Crippen molar-refractivity contribution >= 4 is 28.9 Å². The van der Waals surface area contributed by atoms with Crippen LogP contribution in [0.15, 0.2) is 24.3 Å². The molecule has 116 valence electrons. The minimum Gasteiger partial charge on any atom is -0.393 e. The third kappa shape index (κ3) is 5.58. The van der Waals surface area contributed by atoms with E-state index in [-0.39, 0.29) is 0 Å². The molecule has 1 aromatic carbocycles. The van der Waals surface area contributed by atoms with Crippen molar-refractivity contribution in [1.29, 1.82) is 0 Å². The molecule has 0 radical (unpaired) electrons. The Morgan fingerprint density at radius 2 is 1.90 bits per heavy atom. The van der Waals surface area contributed by atoms with Crippen molar-refractivity contribution in [2.24, 2.45) is 5.73 Å². The van der Waals surface area contributed by atoms with Gasteiger partial charge in [-0.1, -0.05) is 12.2 Å². The Kier molecular flexibility index (Phi) is 5.95. The van der Waals surface area contributed by atoms with Crippen LogP contribution >= 0.6 is 12.2 Å². The highest BCUT2D eigenvalue weighted by molar-refractivity contribution is 7.80. The zero-order valence-corrected chi connectivity index (χ0v) is 12.2. The zero-order chi connectivity index (χ0) is 16.0. The third-order valence-corrected chi connectivity index (χ3v) is 2.96. The number of hydrogen-bond donors (Lipinski definition) is 2. The number of anilines is 1. The van der Waals surface area contributed by atoms with Gasteiger partial charge in [-0.15, -0.1) is 0 Å². The van der Waals surface area contributed by atoms with Crippen LogP contribution in [0.5, 0.6) is 0 Å². The summed E-state index contributed by atoms with van der Waals surface area (Å²) in [4.78, 5) is 13.7. The first-order valence-corrected chi connectivity index (χ1v) is 6.66. The lowest BCUT2D eigenvalue weighted by Gasteiger charge is -2.21. The topological polar surface area (TPSA) is 58.4 Å². The first kappa shape index (κ1) is 17.2. The lowest BCUT2D eigenvalue weighted by atomic mass is 10.2. The fourth-order valence-electron chi connectivity index (χ4n) is 1.59. The van der Waals surface area contributed by atoms with Crippen LogP contribution < -0.4 is 11.1 Å². The molecule has 0 saturated carbocycles. The number of carbonyl (C=O) groups excluding carboxylic acids is 1. The molecule has 0 aliphatic rings. The molecule has 0 saturated heterocycles. The fourth-order valence-corrected chi connectivity index (χ4v) is 1.68. The van der Waals surface area contributed by atoms with Crippen molar-refractivity contribution < 1.29 is 18.0 Å². The number of halogens is 3. The summed E-state index contributed by atoms with van der Waals surface area (Å²) in [5.41, 5.74) is 4.90. The molecular formula is C13H16F3N3OS. The van der Waals surface area contributed by atoms with Gasteiger partial charge in [0.15, 0.2) is 0 Å². The molecule has 0 aromatic heterocycles. The number of benzene rings is 1. The average Bonchev–Trinajstić information content (AvgIpc) is 2.38. The van der Waals surface area contributed by atoms with E-state index in [1.165, 1.54) is 17.0 Å². The first-order chi connectivity index (χ1) is 9.74. The third-order valence-electron chi connectivity index (χ3n) is 2.76. The number of urea groups is 1. The number of hydrogen-bond acceptors (Lipinski definition) is 2. The maximum atomic E-state index is 12.4. The summed E-state index contributed by atoms with van der Waals surface area (Å²) in [6.07, 6.45) is -4.00. The number of nitrogens with one attached hydrogen (secondary N) is 1. The van der Waals surface area contributed by atoms with Gasteiger partial charge in [0.2, 0.25) is 0 Å². The van der Waals surface area contributed by atoms with E-state index in [4.69, 9.17) is 18.0 Å². The van der Waals surface area contributed by atoms with Gasteiger partial charge >= 0.3 is 12.2 Å². The minimum absolute atomic E-state index is 0.293. The molecule has 3 N–H and O–H groups in total. The predicted molar refractivity (Wildman–Crippen MR) is 79.1 cm³/mol. The molecule has 0 atom stereocenters. The van der Waals surface area contributed by atoms with E-state index < -0.39 is 17.8 Å². The van der Waals surface area contributed by atoms with Gasteiger partial charge in [-0.05, 0) is 31.2 Å². The molecule has 0 spiro atoms. The highest BCUT2D eigenvalue weighted by Gasteiger charge is 2.30. The van der Waals surface area contributed by atoms with Crippen LogP contribution in [0.25, 0.3) is 0 Å². The van der Waals surface area contributed by atoms with Crippen LogP contribution in [0.4, 0.5) is 23.7 Å². The summed E-state index contributed by atoms with van der Waals surface area (Å²) in [6.45, 7) is 2.58. The van der Waals surface area contributed by atoms with E-state index in [2.05, 4.69) is 5.32 Å². The van der Waals surface area contributed by atoms with Crippen molar-refractivity contribution in [1.82, 2.24) is 4.90 Å². The van der Waals surface area contributed by atoms with E-state index >= 15 is 0 Å². The summed E-state index contributed by atoms with van der Waals surface area (Å²) in [5, 5.41) is 2.53. The average molecular weight is 319 g/mol. The normalized spacial score (nSPS) is 11.0. The van der Waals surface area contributed by atoms with Crippen molar-refractivity contribution in [3.63, 3.8) is 0 Å². The predicted octanol–water partition coefficient (Wildman–Crippen LogP) is 3.24. The lowest BCUT2D eigenvalue weighted by molar-refractivity contribution is -0.137. The summed E-state index contributed by atoms with van der Waals surface area (Å²) in [6, 6.07) is 3.85. The Balaban J connectivity index is 2.67. The van der Waals surface area contributed by atoms with Crippen LogP contribution in [0.2, 0.25) is 0 Å². The van der Waals surface area contributed by atoms with E-state index in [0.717, 1.165) is 12.1 Å². The molecule has 21 heavy (non-hydrogen) atoms. The Hall–Kier alpha value is -1.83. The zero-order valence-electron chi connectivity index (χ0n) is 11.4. The molecule has 1 rings (SSSR count). The minimum atomic E-state index is -4.39. The van der Waals surface area contributed by atoms with Gasteiger partial charge in [0, 0.05) is 25.2 Å². The highest BCUT2D eigenvalue weighted by atomic mass is 32.1. The van der Waals surface area contributed by atoms with Gasteiger partial charge in [-0.3, -0.25) is 0 Å². The second-order valence-corrected chi connectivity index (χ2v) is 4.83. The van der Waals surface area contributed by atoms with Crippen LogP contribution in [0, 0.1) is 0 Å². The maximum Gasteiger partial charge on any atom is 0.416 e. The fraction of sp³-hybridized carbons (Fsp3) is 0.385. The van der Waals surface area contributed by atoms with Crippen LogP contribution in [-0.4, -0.2) is 29.0 Å². The quantitative estimate of drug-likeness (QED) is 0.819. The molecule has 0 heterocycles. The van der Waals surface area contributed by atoms with Gasteiger partial charge in [0.05, 0.1) is 10.6 Å². The van der Waals surface area contributed by atoms with Gasteiger partial charge in [-0.2, -0.15) is 13.2 Å². The highest BCUT2D eigenvalue weighted by Crippen LogP contribution is 2.29. The van der Waals surface area contributed by atoms with Gasteiger partial charge in [0.1, 0.15) is 0 Å². The summed E-state index contributed by atoms with van der Waals surface area (Å²) < 4.78 is 37.3. The number of carbonyl (C=O) groups is 1. The van der Waals surface area contributed by atoms with E-state index in [1.807, 2.05) is 0 Å². The summed E-state index contributed by atoms with van der Waals surface area (Å²) in [7, 11) is 0. The van der Waals surface area contributed by atoms with Crippen LogP contribution in [-0.2, 0) is 6.18 Å².